The van der Waals surface area contributed by atoms with Gasteiger partial charge in [-0.25, -0.2) is 0 Å². The van der Waals surface area contributed by atoms with E-state index in [1.54, 1.807) is 0 Å². The number of hydrogen-bond donors (Lipinski definition) is 2. The highest BCUT2D eigenvalue weighted by molar-refractivity contribution is 4.81. The fourth-order valence-electron chi connectivity index (χ4n) is 2.25. The van der Waals surface area contributed by atoms with Crippen LogP contribution in [0.2, 0.25) is 0 Å². The largest absolute Gasteiger partial charge is 0.395 e. The minimum Gasteiger partial charge on any atom is -0.395 e. The first kappa shape index (κ1) is 12.0. The van der Waals surface area contributed by atoms with Crippen LogP contribution in [-0.2, 0) is 0 Å². The molecule has 0 aliphatic carbocycles. The van der Waals surface area contributed by atoms with Crippen molar-refractivity contribution >= 4 is 0 Å². The Morgan fingerprint density at radius 1 is 1.50 bits per heavy atom. The van der Waals surface area contributed by atoms with Gasteiger partial charge in [0, 0.05) is 19.1 Å². The summed E-state index contributed by atoms with van der Waals surface area (Å²) in [5, 5.41) is 12.2. The van der Waals surface area contributed by atoms with Crippen LogP contribution in [0.5, 0.6) is 0 Å². The third kappa shape index (κ3) is 3.56. The SMILES string of the molecule is CNC(CO)CN1CCCC(C)(C)C1. The van der Waals surface area contributed by atoms with Crippen molar-refractivity contribution in [1.82, 2.24) is 10.2 Å². The zero-order chi connectivity index (χ0) is 10.6. The molecule has 2 N–H and O–H groups in total. The molecule has 14 heavy (non-hydrogen) atoms. The molecular formula is C11H24N2O. The number of likely N-dealkylation sites (tertiary alicyclic amines) is 1. The monoisotopic (exact) mass is 200 g/mol. The zero-order valence-corrected chi connectivity index (χ0v) is 9.71. The van der Waals surface area contributed by atoms with E-state index in [4.69, 9.17) is 5.11 Å². The second kappa shape index (κ2) is 5.10. The topological polar surface area (TPSA) is 35.5 Å². The van der Waals surface area contributed by atoms with Crippen molar-refractivity contribution in [3.05, 3.63) is 0 Å². The molecule has 1 rings (SSSR count). The highest BCUT2D eigenvalue weighted by Crippen LogP contribution is 2.28. The van der Waals surface area contributed by atoms with E-state index in [1.165, 1.54) is 19.4 Å². The van der Waals surface area contributed by atoms with Crippen LogP contribution < -0.4 is 5.32 Å². The zero-order valence-electron chi connectivity index (χ0n) is 9.71. The number of hydrogen-bond acceptors (Lipinski definition) is 3. The molecule has 0 aromatic rings. The first-order valence-electron chi connectivity index (χ1n) is 5.58. The molecule has 0 spiro atoms. The van der Waals surface area contributed by atoms with Crippen molar-refractivity contribution in [1.29, 1.82) is 0 Å². The van der Waals surface area contributed by atoms with Crippen LogP contribution in [0.3, 0.4) is 0 Å². The lowest BCUT2D eigenvalue weighted by Crippen LogP contribution is -2.47. The number of aliphatic hydroxyl groups is 1. The molecule has 0 saturated carbocycles. The number of likely N-dealkylation sites (N-methyl/N-ethyl adjacent to an activating group) is 1. The van der Waals surface area contributed by atoms with Crippen LogP contribution in [0.1, 0.15) is 26.7 Å². The third-order valence-electron chi connectivity index (χ3n) is 3.09. The van der Waals surface area contributed by atoms with Crippen molar-refractivity contribution < 1.29 is 5.11 Å². The predicted octanol–water partition coefficient (Wildman–Crippen LogP) is 0.689. The summed E-state index contributed by atoms with van der Waals surface area (Å²) in [5.74, 6) is 0. The molecule has 1 heterocycles. The second-order valence-corrected chi connectivity index (χ2v) is 5.17. The van der Waals surface area contributed by atoms with Crippen molar-refractivity contribution in [2.24, 2.45) is 5.41 Å². The molecule has 0 radical (unpaired) electrons. The minimum absolute atomic E-state index is 0.226. The highest BCUT2D eigenvalue weighted by atomic mass is 16.3. The Kier molecular flexibility index (Phi) is 4.35. The summed E-state index contributed by atoms with van der Waals surface area (Å²) in [6.07, 6.45) is 2.61. The van der Waals surface area contributed by atoms with Gasteiger partial charge in [-0.05, 0) is 31.8 Å². The molecular weight excluding hydrogens is 176 g/mol. The van der Waals surface area contributed by atoms with Crippen LogP contribution in [-0.4, -0.2) is 49.3 Å². The molecule has 84 valence electrons. The van der Waals surface area contributed by atoms with Gasteiger partial charge in [-0.3, -0.25) is 0 Å². The molecule has 1 atom stereocenters. The van der Waals surface area contributed by atoms with Gasteiger partial charge in [0.2, 0.25) is 0 Å². The van der Waals surface area contributed by atoms with Gasteiger partial charge in [-0.15, -0.1) is 0 Å². The lowest BCUT2D eigenvalue weighted by molar-refractivity contribution is 0.0969. The predicted molar refractivity (Wildman–Crippen MR) is 59.4 cm³/mol. The molecule has 3 nitrogen and oxygen atoms in total. The summed E-state index contributed by atoms with van der Waals surface area (Å²) in [5.41, 5.74) is 0.450. The molecule has 1 aliphatic heterocycles. The normalized spacial score (nSPS) is 24.9. The maximum atomic E-state index is 9.10. The Labute approximate surface area is 87.5 Å². The second-order valence-electron chi connectivity index (χ2n) is 5.17. The fourth-order valence-corrected chi connectivity index (χ4v) is 2.25. The lowest BCUT2D eigenvalue weighted by atomic mass is 9.84. The van der Waals surface area contributed by atoms with Gasteiger partial charge >= 0.3 is 0 Å². The standard InChI is InChI=1S/C11H24N2O/c1-11(2)5-4-6-13(9-11)7-10(8-14)12-3/h10,12,14H,4-9H2,1-3H3. The lowest BCUT2D eigenvalue weighted by Gasteiger charge is -2.39. The maximum Gasteiger partial charge on any atom is 0.0597 e. The fraction of sp³-hybridized carbons (Fsp3) is 1.00. The minimum atomic E-state index is 0.226. The van der Waals surface area contributed by atoms with E-state index < -0.39 is 0 Å². The number of nitrogens with one attached hydrogen (secondary N) is 1. The summed E-state index contributed by atoms with van der Waals surface area (Å²) >= 11 is 0. The molecule has 3 heteroatoms. The van der Waals surface area contributed by atoms with E-state index in [2.05, 4.69) is 24.1 Å². The maximum absolute atomic E-state index is 9.10. The van der Waals surface area contributed by atoms with Crippen LogP contribution in [0, 0.1) is 5.41 Å². The van der Waals surface area contributed by atoms with Gasteiger partial charge in [0.05, 0.1) is 6.61 Å². The van der Waals surface area contributed by atoms with Crippen molar-refractivity contribution in [2.75, 3.05) is 33.3 Å². The first-order valence-corrected chi connectivity index (χ1v) is 5.58. The number of nitrogens with zero attached hydrogens (tertiary/aromatic N) is 1. The molecule has 1 unspecified atom stereocenters. The Balaban J connectivity index is 2.37. The Bertz CT molecular complexity index is 167. The van der Waals surface area contributed by atoms with Crippen molar-refractivity contribution in [2.45, 2.75) is 32.7 Å². The molecule has 1 saturated heterocycles. The van der Waals surface area contributed by atoms with E-state index in [9.17, 15) is 0 Å². The van der Waals surface area contributed by atoms with Gasteiger partial charge in [-0.2, -0.15) is 0 Å². The van der Waals surface area contributed by atoms with Gasteiger partial charge in [-0.1, -0.05) is 13.8 Å². The van der Waals surface area contributed by atoms with Gasteiger partial charge in [0.1, 0.15) is 0 Å². The van der Waals surface area contributed by atoms with Crippen LogP contribution >= 0.6 is 0 Å². The average Bonchev–Trinajstić information content (AvgIpc) is 2.12. The number of piperidine rings is 1. The molecule has 1 fully saturated rings. The summed E-state index contributed by atoms with van der Waals surface area (Å²) in [4.78, 5) is 2.46. The quantitative estimate of drug-likeness (QED) is 0.701. The van der Waals surface area contributed by atoms with E-state index >= 15 is 0 Å². The summed E-state index contributed by atoms with van der Waals surface area (Å²) in [6.45, 7) is 8.19. The third-order valence-corrected chi connectivity index (χ3v) is 3.09. The van der Waals surface area contributed by atoms with Gasteiger partial charge in [0.25, 0.3) is 0 Å². The molecule has 0 amide bonds. The van der Waals surface area contributed by atoms with Gasteiger partial charge < -0.3 is 15.3 Å². The van der Waals surface area contributed by atoms with Crippen LogP contribution in [0.25, 0.3) is 0 Å². The van der Waals surface area contributed by atoms with E-state index in [1.807, 2.05) is 7.05 Å². The van der Waals surface area contributed by atoms with Crippen molar-refractivity contribution in [3.8, 4) is 0 Å². The number of aliphatic hydroxyl groups excluding tert-OH is 1. The van der Waals surface area contributed by atoms with E-state index in [-0.39, 0.29) is 12.6 Å². The summed E-state index contributed by atoms with van der Waals surface area (Å²) < 4.78 is 0. The molecule has 0 aromatic carbocycles. The molecule has 0 bridgehead atoms. The number of rotatable bonds is 4. The Morgan fingerprint density at radius 2 is 2.21 bits per heavy atom. The van der Waals surface area contributed by atoms with Gasteiger partial charge in [0.15, 0.2) is 0 Å². The van der Waals surface area contributed by atoms with E-state index in [0.717, 1.165) is 13.1 Å². The van der Waals surface area contributed by atoms with Crippen LogP contribution in [0.4, 0.5) is 0 Å². The smallest absolute Gasteiger partial charge is 0.0597 e. The summed E-state index contributed by atoms with van der Waals surface area (Å²) in [6, 6.07) is 0.226. The molecule has 0 aromatic heterocycles. The van der Waals surface area contributed by atoms with Crippen molar-refractivity contribution in [3.63, 3.8) is 0 Å². The molecule has 1 aliphatic rings. The average molecular weight is 200 g/mol. The Hall–Kier alpha value is -0.120. The highest BCUT2D eigenvalue weighted by Gasteiger charge is 2.27. The summed E-state index contributed by atoms with van der Waals surface area (Å²) in [7, 11) is 1.91. The van der Waals surface area contributed by atoms with E-state index in [0.29, 0.717) is 5.41 Å². The van der Waals surface area contributed by atoms with Crippen LogP contribution in [0.15, 0.2) is 0 Å². The first-order chi connectivity index (χ1) is 6.57. The Morgan fingerprint density at radius 3 is 2.71 bits per heavy atom.